The number of likely N-dealkylation sites (tertiary alicyclic amines) is 1. The molecule has 22 heavy (non-hydrogen) atoms. The van der Waals surface area contributed by atoms with Gasteiger partial charge in [-0.3, -0.25) is 0 Å². The Hall–Kier alpha value is -0.0800. The molecule has 2 heteroatoms. The van der Waals surface area contributed by atoms with Crippen LogP contribution in [0.4, 0.5) is 0 Å². The second-order valence-electron chi connectivity index (χ2n) is 7.58. The van der Waals surface area contributed by atoms with Crippen LogP contribution in [0, 0.1) is 0 Å². The molecule has 1 fully saturated rings. The molecule has 1 aliphatic rings. The molecule has 0 aliphatic carbocycles. The third-order valence-electron chi connectivity index (χ3n) is 5.53. The molecule has 1 rings (SSSR count). The van der Waals surface area contributed by atoms with Crippen molar-refractivity contribution in [2.24, 2.45) is 0 Å². The summed E-state index contributed by atoms with van der Waals surface area (Å²) in [5.41, 5.74) is 0. The zero-order valence-electron chi connectivity index (χ0n) is 15.9. The van der Waals surface area contributed by atoms with E-state index >= 15 is 0 Å². The lowest BCUT2D eigenvalue weighted by atomic mass is 9.96. The van der Waals surface area contributed by atoms with E-state index in [-0.39, 0.29) is 0 Å². The normalized spacial score (nSPS) is 19.0. The van der Waals surface area contributed by atoms with Crippen molar-refractivity contribution in [2.45, 2.75) is 103 Å². The highest BCUT2D eigenvalue weighted by molar-refractivity contribution is 4.81. The molecular formula is C20H42N2. The fraction of sp³-hybridized carbons (Fsp3) is 1.00. The first-order valence-electron chi connectivity index (χ1n) is 10.1. The van der Waals surface area contributed by atoms with Gasteiger partial charge in [0.25, 0.3) is 0 Å². The number of nitrogens with zero attached hydrogens (tertiary/aromatic N) is 2. The Bertz CT molecular complexity index is 244. The SMILES string of the molecule is CCCCCCCC(CCCCC)N1CCC(N(C)C)CC1. The first-order chi connectivity index (χ1) is 10.7. The number of unbranched alkanes of at least 4 members (excludes halogenated alkanes) is 6. The molecule has 1 saturated heterocycles. The lowest BCUT2D eigenvalue weighted by molar-refractivity contribution is 0.0968. The van der Waals surface area contributed by atoms with Crippen molar-refractivity contribution in [1.82, 2.24) is 9.80 Å². The van der Waals surface area contributed by atoms with Gasteiger partial charge in [0, 0.05) is 12.1 Å². The van der Waals surface area contributed by atoms with Crippen molar-refractivity contribution in [3.05, 3.63) is 0 Å². The Morgan fingerprint density at radius 3 is 1.86 bits per heavy atom. The minimum absolute atomic E-state index is 0.817. The van der Waals surface area contributed by atoms with Crippen LogP contribution in [0.3, 0.4) is 0 Å². The summed E-state index contributed by atoms with van der Waals surface area (Å²) in [7, 11) is 4.49. The third-order valence-corrected chi connectivity index (χ3v) is 5.53. The van der Waals surface area contributed by atoms with Gasteiger partial charge in [-0.1, -0.05) is 65.2 Å². The Morgan fingerprint density at radius 2 is 1.32 bits per heavy atom. The van der Waals surface area contributed by atoms with Gasteiger partial charge in [0.1, 0.15) is 0 Å². The molecule has 0 bridgehead atoms. The molecule has 0 N–H and O–H groups in total. The van der Waals surface area contributed by atoms with Crippen LogP contribution < -0.4 is 0 Å². The van der Waals surface area contributed by atoms with Gasteiger partial charge in [0.2, 0.25) is 0 Å². The van der Waals surface area contributed by atoms with Gasteiger partial charge < -0.3 is 9.80 Å². The number of piperidine rings is 1. The summed E-state index contributed by atoms with van der Waals surface area (Å²) in [6, 6.07) is 1.69. The maximum atomic E-state index is 2.83. The van der Waals surface area contributed by atoms with Crippen LogP contribution in [-0.4, -0.2) is 49.1 Å². The molecule has 0 aromatic heterocycles. The standard InChI is InChI=1S/C20H42N2/c1-5-7-9-10-12-14-20(13-11-8-6-2)22-17-15-19(16-18-22)21(3)4/h19-20H,5-18H2,1-4H3. The second kappa shape index (κ2) is 12.4. The van der Waals surface area contributed by atoms with Crippen LogP contribution in [-0.2, 0) is 0 Å². The molecule has 0 aromatic rings. The lowest BCUT2D eigenvalue weighted by Crippen LogP contribution is -2.46. The van der Waals surface area contributed by atoms with Gasteiger partial charge in [0.05, 0.1) is 0 Å². The van der Waals surface area contributed by atoms with Crippen LogP contribution in [0.5, 0.6) is 0 Å². The Morgan fingerprint density at radius 1 is 0.818 bits per heavy atom. The van der Waals surface area contributed by atoms with Crippen molar-refractivity contribution in [2.75, 3.05) is 27.2 Å². The summed E-state index contributed by atoms with van der Waals surface area (Å²) in [6.45, 7) is 7.29. The molecule has 0 amide bonds. The van der Waals surface area contributed by atoms with E-state index in [0.29, 0.717) is 0 Å². The van der Waals surface area contributed by atoms with E-state index in [9.17, 15) is 0 Å². The highest BCUT2D eigenvalue weighted by Gasteiger charge is 2.25. The minimum Gasteiger partial charge on any atom is -0.306 e. The minimum atomic E-state index is 0.817. The van der Waals surface area contributed by atoms with E-state index in [4.69, 9.17) is 0 Å². The smallest absolute Gasteiger partial charge is 0.0113 e. The van der Waals surface area contributed by atoms with E-state index in [1.807, 2.05) is 0 Å². The molecule has 2 nitrogen and oxygen atoms in total. The largest absolute Gasteiger partial charge is 0.306 e. The van der Waals surface area contributed by atoms with Crippen LogP contribution >= 0.6 is 0 Å². The van der Waals surface area contributed by atoms with Crippen molar-refractivity contribution in [3.8, 4) is 0 Å². The molecule has 0 saturated carbocycles. The molecule has 1 atom stereocenters. The van der Waals surface area contributed by atoms with Crippen molar-refractivity contribution >= 4 is 0 Å². The van der Waals surface area contributed by atoms with Gasteiger partial charge >= 0.3 is 0 Å². The molecule has 1 aliphatic heterocycles. The maximum absolute atomic E-state index is 2.83. The monoisotopic (exact) mass is 310 g/mol. The van der Waals surface area contributed by atoms with Crippen LogP contribution in [0.2, 0.25) is 0 Å². The van der Waals surface area contributed by atoms with Crippen LogP contribution in [0.25, 0.3) is 0 Å². The first kappa shape index (κ1) is 20.0. The molecule has 1 heterocycles. The second-order valence-corrected chi connectivity index (χ2v) is 7.58. The predicted octanol–water partition coefficient (Wildman–Crippen LogP) is 5.32. The van der Waals surface area contributed by atoms with Crippen molar-refractivity contribution in [1.29, 1.82) is 0 Å². The molecular weight excluding hydrogens is 268 g/mol. The van der Waals surface area contributed by atoms with Crippen LogP contribution in [0.1, 0.15) is 90.9 Å². The van der Waals surface area contributed by atoms with Crippen LogP contribution in [0.15, 0.2) is 0 Å². The van der Waals surface area contributed by atoms with E-state index < -0.39 is 0 Å². The lowest BCUT2D eigenvalue weighted by Gasteiger charge is -2.40. The number of rotatable bonds is 12. The first-order valence-corrected chi connectivity index (χ1v) is 10.1. The van der Waals surface area contributed by atoms with Crippen molar-refractivity contribution < 1.29 is 0 Å². The predicted molar refractivity (Wildman–Crippen MR) is 99.6 cm³/mol. The van der Waals surface area contributed by atoms with E-state index in [1.54, 1.807) is 0 Å². The zero-order valence-corrected chi connectivity index (χ0v) is 15.9. The summed E-state index contributed by atoms with van der Waals surface area (Å²) < 4.78 is 0. The average Bonchev–Trinajstić information content (AvgIpc) is 2.53. The molecule has 0 spiro atoms. The highest BCUT2D eigenvalue weighted by atomic mass is 15.2. The van der Waals surface area contributed by atoms with Gasteiger partial charge in [-0.2, -0.15) is 0 Å². The molecule has 0 radical (unpaired) electrons. The molecule has 132 valence electrons. The van der Waals surface area contributed by atoms with Gasteiger partial charge in [-0.25, -0.2) is 0 Å². The van der Waals surface area contributed by atoms with E-state index in [2.05, 4.69) is 37.7 Å². The molecule has 0 aromatic carbocycles. The van der Waals surface area contributed by atoms with Gasteiger partial charge in [-0.15, -0.1) is 0 Å². The highest BCUT2D eigenvalue weighted by Crippen LogP contribution is 2.23. The summed E-state index contributed by atoms with van der Waals surface area (Å²) >= 11 is 0. The summed E-state index contributed by atoms with van der Waals surface area (Å²) in [5, 5.41) is 0. The molecule has 1 unspecified atom stereocenters. The average molecular weight is 311 g/mol. The Balaban J connectivity index is 2.33. The number of hydrogen-bond donors (Lipinski definition) is 0. The maximum Gasteiger partial charge on any atom is 0.0113 e. The zero-order chi connectivity index (χ0) is 16.2. The quantitative estimate of drug-likeness (QED) is 0.450. The van der Waals surface area contributed by atoms with E-state index in [0.717, 1.165) is 12.1 Å². The summed E-state index contributed by atoms with van der Waals surface area (Å²) in [6.07, 6.45) is 17.0. The summed E-state index contributed by atoms with van der Waals surface area (Å²) in [4.78, 5) is 5.25. The third kappa shape index (κ3) is 7.97. The van der Waals surface area contributed by atoms with Gasteiger partial charge in [0.15, 0.2) is 0 Å². The Kier molecular flexibility index (Phi) is 11.2. The van der Waals surface area contributed by atoms with E-state index in [1.165, 1.54) is 90.1 Å². The Labute approximate surface area is 140 Å². The summed E-state index contributed by atoms with van der Waals surface area (Å²) in [5.74, 6) is 0. The van der Waals surface area contributed by atoms with Crippen molar-refractivity contribution in [3.63, 3.8) is 0 Å². The fourth-order valence-corrected chi connectivity index (χ4v) is 3.89. The number of hydrogen-bond acceptors (Lipinski definition) is 2. The van der Waals surface area contributed by atoms with Gasteiger partial charge in [-0.05, 0) is 52.9 Å². The topological polar surface area (TPSA) is 6.48 Å². The fourth-order valence-electron chi connectivity index (χ4n) is 3.89.